The number of nitrogens with one attached hydrogen (secondary N) is 1. The lowest BCUT2D eigenvalue weighted by molar-refractivity contribution is -0.121. The normalized spacial score (nSPS) is 10.6. The number of sulfone groups is 1. The van der Waals surface area contributed by atoms with Gasteiger partial charge in [-0.05, 0) is 43.7 Å². The zero-order chi connectivity index (χ0) is 15.7. The number of amides is 1. The number of nitrogens with two attached hydrogens (primary N) is 1. The van der Waals surface area contributed by atoms with E-state index in [-0.39, 0.29) is 36.2 Å². The van der Waals surface area contributed by atoms with Gasteiger partial charge in [0.15, 0.2) is 9.84 Å². The van der Waals surface area contributed by atoms with E-state index < -0.39 is 9.84 Å². The zero-order valence-electron chi connectivity index (χ0n) is 12.6. The van der Waals surface area contributed by atoms with Crippen LogP contribution in [0.4, 0.5) is 0 Å². The molecule has 1 amide bonds. The minimum Gasteiger partial charge on any atom is -0.493 e. The molecule has 0 spiro atoms. The highest BCUT2D eigenvalue weighted by Crippen LogP contribution is 2.15. The summed E-state index contributed by atoms with van der Waals surface area (Å²) in [4.78, 5) is 11.7. The van der Waals surface area contributed by atoms with Crippen LogP contribution < -0.4 is 15.8 Å². The van der Waals surface area contributed by atoms with Crippen molar-refractivity contribution in [3.63, 3.8) is 0 Å². The van der Waals surface area contributed by atoms with Crippen molar-refractivity contribution in [1.29, 1.82) is 0 Å². The molecule has 0 atom stereocenters. The fourth-order valence-corrected chi connectivity index (χ4v) is 2.26. The van der Waals surface area contributed by atoms with Gasteiger partial charge >= 0.3 is 0 Å². The number of rotatable bonds is 9. The Morgan fingerprint density at radius 3 is 2.41 bits per heavy atom. The number of benzene rings is 1. The van der Waals surface area contributed by atoms with Crippen LogP contribution in [0.15, 0.2) is 29.2 Å². The van der Waals surface area contributed by atoms with Crippen molar-refractivity contribution in [2.24, 2.45) is 5.73 Å². The SMILES string of the molecule is CS(=O)(=O)c1ccc(OCCC(=O)NCCCCN)cc1.Cl. The van der Waals surface area contributed by atoms with Gasteiger partial charge in [-0.1, -0.05) is 0 Å². The molecule has 0 saturated heterocycles. The molecule has 0 fully saturated rings. The van der Waals surface area contributed by atoms with Gasteiger partial charge in [-0.15, -0.1) is 12.4 Å². The second-order valence-corrected chi connectivity index (χ2v) is 6.70. The first-order chi connectivity index (χ1) is 9.93. The molecule has 6 nitrogen and oxygen atoms in total. The molecule has 0 bridgehead atoms. The Morgan fingerprint density at radius 2 is 1.86 bits per heavy atom. The number of hydrogen-bond donors (Lipinski definition) is 2. The van der Waals surface area contributed by atoms with Gasteiger partial charge in [0.1, 0.15) is 5.75 Å². The largest absolute Gasteiger partial charge is 0.493 e. The number of carbonyl (C=O) groups excluding carboxylic acids is 1. The van der Waals surface area contributed by atoms with Crippen LogP contribution in [0.5, 0.6) is 5.75 Å². The van der Waals surface area contributed by atoms with Crippen molar-refractivity contribution in [1.82, 2.24) is 5.32 Å². The van der Waals surface area contributed by atoms with Crippen molar-refractivity contribution < 1.29 is 17.9 Å². The van der Waals surface area contributed by atoms with Crippen molar-refractivity contribution in [2.75, 3.05) is 26.0 Å². The molecule has 0 aromatic heterocycles. The van der Waals surface area contributed by atoms with E-state index in [9.17, 15) is 13.2 Å². The maximum absolute atomic E-state index is 11.5. The molecule has 0 unspecified atom stereocenters. The van der Waals surface area contributed by atoms with Crippen LogP contribution in [0.3, 0.4) is 0 Å². The first-order valence-electron chi connectivity index (χ1n) is 6.83. The van der Waals surface area contributed by atoms with E-state index in [1.807, 2.05) is 0 Å². The Labute approximate surface area is 137 Å². The van der Waals surface area contributed by atoms with Crippen molar-refractivity contribution >= 4 is 28.2 Å². The Bertz CT molecular complexity index is 546. The highest BCUT2D eigenvalue weighted by Gasteiger charge is 2.07. The molecule has 0 heterocycles. The Balaban J connectivity index is 0.00000441. The summed E-state index contributed by atoms with van der Waals surface area (Å²) in [6.07, 6.45) is 3.17. The molecule has 1 rings (SSSR count). The van der Waals surface area contributed by atoms with Crippen LogP contribution in [-0.2, 0) is 14.6 Å². The van der Waals surface area contributed by atoms with Gasteiger partial charge in [-0.25, -0.2) is 8.42 Å². The lowest BCUT2D eigenvalue weighted by Crippen LogP contribution is -2.26. The van der Waals surface area contributed by atoms with E-state index in [1.54, 1.807) is 12.1 Å². The maximum Gasteiger partial charge on any atom is 0.223 e. The van der Waals surface area contributed by atoms with Gasteiger partial charge in [-0.3, -0.25) is 4.79 Å². The van der Waals surface area contributed by atoms with Crippen molar-refractivity contribution in [3.8, 4) is 5.75 Å². The van der Waals surface area contributed by atoms with Gasteiger partial charge in [0, 0.05) is 12.8 Å². The van der Waals surface area contributed by atoms with E-state index in [0.29, 0.717) is 18.8 Å². The fourth-order valence-electron chi connectivity index (χ4n) is 1.63. The minimum absolute atomic E-state index is 0. The third-order valence-electron chi connectivity index (χ3n) is 2.80. The summed E-state index contributed by atoms with van der Waals surface area (Å²) in [5.74, 6) is 0.470. The van der Waals surface area contributed by atoms with Crippen molar-refractivity contribution in [2.45, 2.75) is 24.2 Å². The maximum atomic E-state index is 11.5. The average molecular weight is 351 g/mol. The monoisotopic (exact) mass is 350 g/mol. The lowest BCUT2D eigenvalue weighted by atomic mass is 10.3. The van der Waals surface area contributed by atoms with E-state index in [2.05, 4.69) is 5.32 Å². The third kappa shape index (κ3) is 8.21. The zero-order valence-corrected chi connectivity index (χ0v) is 14.2. The molecule has 0 aliphatic rings. The third-order valence-corrected chi connectivity index (χ3v) is 3.93. The number of unbranched alkanes of at least 4 members (excludes halogenated alkanes) is 1. The summed E-state index contributed by atoms with van der Waals surface area (Å²) in [7, 11) is -3.20. The van der Waals surface area contributed by atoms with Gasteiger partial charge in [0.25, 0.3) is 0 Å². The molecular formula is C14H23ClN2O4S. The number of carbonyl (C=O) groups is 1. The number of halogens is 1. The van der Waals surface area contributed by atoms with Crippen LogP contribution in [0.2, 0.25) is 0 Å². The first kappa shape index (κ1) is 20.7. The molecule has 0 aliphatic carbocycles. The summed E-state index contributed by atoms with van der Waals surface area (Å²) < 4.78 is 28.0. The second-order valence-electron chi connectivity index (χ2n) is 4.69. The number of hydrogen-bond acceptors (Lipinski definition) is 5. The summed E-state index contributed by atoms with van der Waals surface area (Å²) in [6.45, 7) is 1.50. The summed E-state index contributed by atoms with van der Waals surface area (Å²) in [6, 6.07) is 6.13. The van der Waals surface area contributed by atoms with E-state index in [1.165, 1.54) is 12.1 Å². The van der Waals surface area contributed by atoms with Crippen LogP contribution in [-0.4, -0.2) is 40.3 Å². The van der Waals surface area contributed by atoms with Gasteiger partial charge in [0.05, 0.1) is 17.9 Å². The number of ether oxygens (including phenoxy) is 1. The molecule has 126 valence electrons. The predicted molar refractivity (Wildman–Crippen MR) is 88.2 cm³/mol. The molecule has 3 N–H and O–H groups in total. The molecular weight excluding hydrogens is 328 g/mol. The van der Waals surface area contributed by atoms with Crippen molar-refractivity contribution in [3.05, 3.63) is 24.3 Å². The van der Waals surface area contributed by atoms with Gasteiger partial charge < -0.3 is 15.8 Å². The average Bonchev–Trinajstić information content (AvgIpc) is 2.43. The van der Waals surface area contributed by atoms with Crippen LogP contribution in [0.1, 0.15) is 19.3 Å². The smallest absolute Gasteiger partial charge is 0.223 e. The molecule has 8 heteroatoms. The lowest BCUT2D eigenvalue weighted by Gasteiger charge is -2.07. The Morgan fingerprint density at radius 1 is 1.23 bits per heavy atom. The van der Waals surface area contributed by atoms with Crippen LogP contribution >= 0.6 is 12.4 Å². The Hall–Kier alpha value is -1.31. The summed E-state index contributed by atoms with van der Waals surface area (Å²) >= 11 is 0. The predicted octanol–water partition coefficient (Wildman–Crippen LogP) is 1.14. The fraction of sp³-hybridized carbons (Fsp3) is 0.500. The summed E-state index contributed by atoms with van der Waals surface area (Å²) in [5.41, 5.74) is 5.36. The quantitative estimate of drug-likeness (QED) is 0.651. The molecule has 22 heavy (non-hydrogen) atoms. The van der Waals surface area contributed by atoms with Crippen LogP contribution in [0, 0.1) is 0 Å². The Kier molecular flexibility index (Phi) is 9.80. The molecule has 1 aromatic carbocycles. The molecule has 0 aliphatic heterocycles. The standard InChI is InChI=1S/C14H22N2O4S.ClH/c1-21(18,19)13-6-4-12(5-7-13)20-11-8-14(17)16-10-3-2-9-15;/h4-7H,2-3,8-11,15H2,1H3,(H,16,17);1H. The highest BCUT2D eigenvalue weighted by molar-refractivity contribution is 7.90. The van der Waals surface area contributed by atoms with Crippen LogP contribution in [0.25, 0.3) is 0 Å². The molecule has 0 radical (unpaired) electrons. The van der Waals surface area contributed by atoms with Gasteiger partial charge in [-0.2, -0.15) is 0 Å². The van der Waals surface area contributed by atoms with E-state index in [0.717, 1.165) is 19.1 Å². The second kappa shape index (κ2) is 10.4. The topological polar surface area (TPSA) is 98.5 Å². The first-order valence-corrected chi connectivity index (χ1v) is 8.72. The van der Waals surface area contributed by atoms with E-state index >= 15 is 0 Å². The van der Waals surface area contributed by atoms with E-state index in [4.69, 9.17) is 10.5 Å². The summed E-state index contributed by atoms with van der Waals surface area (Å²) in [5, 5.41) is 2.78. The molecule has 1 aromatic rings. The minimum atomic E-state index is -3.20. The van der Waals surface area contributed by atoms with Gasteiger partial charge in [0.2, 0.25) is 5.91 Å². The molecule has 0 saturated carbocycles. The highest BCUT2D eigenvalue weighted by atomic mass is 35.5.